The molecular weight excluding hydrogens is 901 g/mol. The van der Waals surface area contributed by atoms with Gasteiger partial charge in [-0.05, 0) is 135 Å². The summed E-state index contributed by atoms with van der Waals surface area (Å²) in [5, 5.41) is 0. The van der Waals surface area contributed by atoms with Crippen molar-refractivity contribution in [3.8, 4) is 0 Å². The van der Waals surface area contributed by atoms with Crippen molar-refractivity contribution in [2.24, 2.45) is 0 Å². The highest BCUT2D eigenvalue weighted by atomic mass is 16.6. The van der Waals surface area contributed by atoms with Crippen LogP contribution in [0.1, 0.15) is 239 Å². The Kier molecular flexibility index (Phi) is 56.0. The van der Waals surface area contributed by atoms with Gasteiger partial charge in [-0.2, -0.15) is 0 Å². The Balaban J connectivity index is 4.49. The van der Waals surface area contributed by atoms with Gasteiger partial charge >= 0.3 is 17.9 Å². The number of rotatable bonds is 51. The Bertz CT molecular complexity index is 1630. The fourth-order valence-electron chi connectivity index (χ4n) is 7.47. The van der Waals surface area contributed by atoms with E-state index in [1.165, 1.54) is 6.42 Å². The Morgan fingerprint density at radius 1 is 0.288 bits per heavy atom. The van der Waals surface area contributed by atoms with Crippen LogP contribution in [0, 0.1) is 0 Å². The van der Waals surface area contributed by atoms with Gasteiger partial charge in [-0.15, -0.1) is 0 Å². The number of carbonyl (C=O) groups is 3. The lowest BCUT2D eigenvalue weighted by Gasteiger charge is -2.18. The van der Waals surface area contributed by atoms with E-state index in [1.54, 1.807) is 0 Å². The minimum atomic E-state index is -0.810. The molecule has 0 aromatic rings. The average Bonchev–Trinajstić information content (AvgIpc) is 3.39. The molecule has 0 spiro atoms. The van der Waals surface area contributed by atoms with Gasteiger partial charge in [0.15, 0.2) is 6.10 Å². The van der Waals surface area contributed by atoms with Gasteiger partial charge in [0.25, 0.3) is 0 Å². The van der Waals surface area contributed by atoms with Crippen LogP contribution < -0.4 is 0 Å². The number of carbonyl (C=O) groups excluding carboxylic acids is 3. The molecule has 0 rings (SSSR count). The van der Waals surface area contributed by atoms with Crippen LogP contribution >= 0.6 is 0 Å². The summed E-state index contributed by atoms with van der Waals surface area (Å²) in [6, 6.07) is 0. The van der Waals surface area contributed by atoms with E-state index in [1.807, 2.05) is 0 Å². The largest absolute Gasteiger partial charge is 0.462 e. The van der Waals surface area contributed by atoms with Crippen molar-refractivity contribution in [1.82, 2.24) is 0 Å². The third-order valence-electron chi connectivity index (χ3n) is 11.8. The zero-order chi connectivity index (χ0) is 52.9. The minimum Gasteiger partial charge on any atom is -0.462 e. The summed E-state index contributed by atoms with van der Waals surface area (Å²) in [6.07, 6.45) is 85.5. The van der Waals surface area contributed by atoms with Crippen molar-refractivity contribution in [2.75, 3.05) is 13.2 Å². The Labute approximate surface area is 448 Å². The number of hydrogen-bond acceptors (Lipinski definition) is 6. The fourth-order valence-corrected chi connectivity index (χ4v) is 7.47. The van der Waals surface area contributed by atoms with E-state index in [0.29, 0.717) is 19.3 Å². The van der Waals surface area contributed by atoms with Gasteiger partial charge in [0.1, 0.15) is 13.2 Å². The lowest BCUT2D eigenvalue weighted by molar-refractivity contribution is -0.167. The smallest absolute Gasteiger partial charge is 0.306 e. The number of ether oxygens (including phenoxy) is 3. The zero-order valence-electron chi connectivity index (χ0n) is 46.8. The molecule has 0 amide bonds. The summed E-state index contributed by atoms with van der Waals surface area (Å²) in [4.78, 5) is 38.2. The Morgan fingerprint density at radius 3 is 0.836 bits per heavy atom. The summed E-state index contributed by atoms with van der Waals surface area (Å²) in [7, 11) is 0. The molecule has 6 nitrogen and oxygen atoms in total. The molecule has 0 bridgehead atoms. The molecule has 0 fully saturated rings. The van der Waals surface area contributed by atoms with Crippen molar-refractivity contribution in [3.63, 3.8) is 0 Å². The second-order valence-corrected chi connectivity index (χ2v) is 18.8. The predicted octanol–water partition coefficient (Wildman–Crippen LogP) is 20.0. The molecule has 0 aliphatic rings. The van der Waals surface area contributed by atoms with Gasteiger partial charge in [0.05, 0.1) is 0 Å². The standard InChI is InChI=1S/C67H106O6/c1-4-7-10-13-16-19-22-25-27-29-31-33-35-37-39-42-45-48-51-54-57-60-66(69)72-63-64(62-71-65(68)59-56-53-50-47-44-41-24-21-18-15-12-9-6-3)73-67(70)61-58-55-52-49-46-43-40-38-36-34-32-30-28-26-23-20-17-14-11-8-5-2/h7-8,10-12,15-17,19-21,24-28,31-34,37-40,64H,4-6,9,13-14,18,22-23,29-30,35-36,41-63H2,1-3H3/b10-7-,11-8-,15-12-,19-16-,20-17-,24-21-,27-25-,28-26-,33-31-,34-32-,39-37-,40-38-. The highest BCUT2D eigenvalue weighted by Crippen LogP contribution is 2.13. The molecule has 0 heterocycles. The van der Waals surface area contributed by atoms with Crippen molar-refractivity contribution in [2.45, 2.75) is 245 Å². The molecule has 1 atom stereocenters. The van der Waals surface area contributed by atoms with Crippen molar-refractivity contribution in [1.29, 1.82) is 0 Å². The normalized spacial score (nSPS) is 13.2. The molecule has 0 radical (unpaired) electrons. The van der Waals surface area contributed by atoms with Crippen LogP contribution in [-0.2, 0) is 28.6 Å². The maximum Gasteiger partial charge on any atom is 0.306 e. The summed E-state index contributed by atoms with van der Waals surface area (Å²) in [5.41, 5.74) is 0. The minimum absolute atomic E-state index is 0.106. The van der Waals surface area contributed by atoms with Crippen LogP contribution in [-0.4, -0.2) is 37.2 Å². The first-order chi connectivity index (χ1) is 36.0. The van der Waals surface area contributed by atoms with E-state index >= 15 is 0 Å². The SMILES string of the molecule is CC/C=C\C/C=C\C/C=C\C/C=C\C/C=C\CCCCCCCC(=O)OCC(COC(=O)CCCCCCC/C=C\C/C=C\CCC)OC(=O)CCCCCCC/C=C\C/C=C\C/C=C\C/C=C\C/C=C\CC. The van der Waals surface area contributed by atoms with Gasteiger partial charge in [-0.1, -0.05) is 231 Å². The van der Waals surface area contributed by atoms with Crippen LogP contribution in [0.25, 0.3) is 0 Å². The third kappa shape index (κ3) is 58.1. The second kappa shape index (κ2) is 59.8. The van der Waals surface area contributed by atoms with Crippen molar-refractivity contribution in [3.05, 3.63) is 146 Å². The van der Waals surface area contributed by atoms with E-state index < -0.39 is 6.10 Å². The van der Waals surface area contributed by atoms with E-state index in [4.69, 9.17) is 14.2 Å². The van der Waals surface area contributed by atoms with Gasteiger partial charge in [0, 0.05) is 19.3 Å². The first kappa shape index (κ1) is 68.3. The Morgan fingerprint density at radius 2 is 0.534 bits per heavy atom. The molecule has 73 heavy (non-hydrogen) atoms. The number of hydrogen-bond donors (Lipinski definition) is 0. The number of allylic oxidation sites excluding steroid dienone is 24. The van der Waals surface area contributed by atoms with Crippen LogP contribution in [0.3, 0.4) is 0 Å². The van der Waals surface area contributed by atoms with E-state index in [-0.39, 0.29) is 31.1 Å². The van der Waals surface area contributed by atoms with Gasteiger partial charge in [0.2, 0.25) is 0 Å². The molecule has 0 aliphatic carbocycles. The molecule has 0 N–H and O–H groups in total. The topological polar surface area (TPSA) is 78.9 Å². The lowest BCUT2D eigenvalue weighted by Crippen LogP contribution is -2.30. The first-order valence-corrected chi connectivity index (χ1v) is 29.3. The van der Waals surface area contributed by atoms with E-state index in [0.717, 1.165) is 193 Å². The predicted molar refractivity (Wildman–Crippen MR) is 315 cm³/mol. The zero-order valence-corrected chi connectivity index (χ0v) is 46.8. The number of unbranched alkanes of at least 4 members (excludes halogenated alkanes) is 16. The van der Waals surface area contributed by atoms with Crippen LogP contribution in [0.4, 0.5) is 0 Å². The molecule has 0 aromatic carbocycles. The highest BCUT2D eigenvalue weighted by molar-refractivity contribution is 5.71. The molecule has 0 saturated heterocycles. The fraction of sp³-hybridized carbons (Fsp3) is 0.597. The second-order valence-electron chi connectivity index (χ2n) is 18.8. The van der Waals surface area contributed by atoms with Crippen molar-refractivity contribution < 1.29 is 28.6 Å². The highest BCUT2D eigenvalue weighted by Gasteiger charge is 2.19. The molecule has 0 aromatic heterocycles. The van der Waals surface area contributed by atoms with Gasteiger partial charge in [-0.25, -0.2) is 0 Å². The molecule has 6 heteroatoms. The molecular formula is C67H106O6. The summed E-state index contributed by atoms with van der Waals surface area (Å²) in [6.45, 7) is 6.29. The third-order valence-corrected chi connectivity index (χ3v) is 11.8. The van der Waals surface area contributed by atoms with Crippen LogP contribution in [0.2, 0.25) is 0 Å². The monoisotopic (exact) mass is 1010 g/mol. The molecule has 1 unspecified atom stereocenters. The summed E-state index contributed by atoms with van der Waals surface area (Å²) in [5.74, 6) is -0.962. The maximum atomic E-state index is 12.9. The van der Waals surface area contributed by atoms with Crippen LogP contribution in [0.15, 0.2) is 146 Å². The lowest BCUT2D eigenvalue weighted by atomic mass is 10.1. The Hall–Kier alpha value is -4.71. The summed E-state index contributed by atoms with van der Waals surface area (Å²) >= 11 is 0. The average molecular weight is 1010 g/mol. The van der Waals surface area contributed by atoms with Gasteiger partial charge < -0.3 is 14.2 Å². The van der Waals surface area contributed by atoms with E-state index in [2.05, 4.69) is 167 Å². The van der Waals surface area contributed by atoms with Gasteiger partial charge in [-0.3, -0.25) is 14.4 Å². The van der Waals surface area contributed by atoms with Crippen molar-refractivity contribution >= 4 is 17.9 Å². The number of esters is 3. The van der Waals surface area contributed by atoms with E-state index in [9.17, 15) is 14.4 Å². The maximum absolute atomic E-state index is 12.9. The first-order valence-electron chi connectivity index (χ1n) is 29.3. The quantitative estimate of drug-likeness (QED) is 0.0261. The summed E-state index contributed by atoms with van der Waals surface area (Å²) < 4.78 is 16.8. The van der Waals surface area contributed by atoms with Crippen LogP contribution in [0.5, 0.6) is 0 Å². The molecule has 410 valence electrons. The molecule has 0 saturated carbocycles. The molecule has 0 aliphatic heterocycles.